The summed E-state index contributed by atoms with van der Waals surface area (Å²) in [5.74, 6) is 0.941. The highest BCUT2D eigenvalue weighted by Gasteiger charge is 2.23. The van der Waals surface area contributed by atoms with Crippen molar-refractivity contribution < 1.29 is 9.32 Å². The first kappa shape index (κ1) is 18.2. The van der Waals surface area contributed by atoms with Crippen LogP contribution in [-0.4, -0.2) is 31.1 Å². The second-order valence-corrected chi connectivity index (χ2v) is 7.10. The molecular formula is C18H21N5O2S. The molecular weight excluding hydrogens is 350 g/mol. The van der Waals surface area contributed by atoms with E-state index in [9.17, 15) is 4.79 Å². The Labute approximate surface area is 156 Å². The lowest BCUT2D eigenvalue weighted by Crippen LogP contribution is -2.25. The number of nitrogens with zero attached hydrogens (tertiary/aromatic N) is 4. The van der Waals surface area contributed by atoms with Gasteiger partial charge in [0.1, 0.15) is 12.1 Å². The highest BCUT2D eigenvalue weighted by atomic mass is 32.2. The molecule has 0 radical (unpaired) electrons. The van der Waals surface area contributed by atoms with Crippen LogP contribution in [0, 0.1) is 6.92 Å². The number of thioether (sulfide) groups is 1. The second-order valence-electron chi connectivity index (χ2n) is 5.93. The number of benzene rings is 1. The summed E-state index contributed by atoms with van der Waals surface area (Å²) < 4.78 is 6.97. The Morgan fingerprint density at radius 2 is 2.12 bits per heavy atom. The van der Waals surface area contributed by atoms with Crippen LogP contribution in [0.15, 0.2) is 52.4 Å². The SMILES string of the molecule is CC[C@H](Sc1nncn1[C@@H](C)c1ccccc1)C(=O)Nc1cc(C)on1. The number of hydrogen-bond donors (Lipinski definition) is 1. The summed E-state index contributed by atoms with van der Waals surface area (Å²) in [6, 6.07) is 11.9. The Morgan fingerprint density at radius 3 is 2.77 bits per heavy atom. The third-order valence-corrected chi connectivity index (χ3v) is 5.36. The van der Waals surface area contributed by atoms with Gasteiger partial charge in [0, 0.05) is 6.07 Å². The van der Waals surface area contributed by atoms with Crippen molar-refractivity contribution in [1.29, 1.82) is 0 Å². The van der Waals surface area contributed by atoms with Crippen molar-refractivity contribution in [3.8, 4) is 0 Å². The normalized spacial score (nSPS) is 13.3. The fourth-order valence-corrected chi connectivity index (χ4v) is 3.56. The first-order valence-electron chi connectivity index (χ1n) is 8.43. The van der Waals surface area contributed by atoms with Gasteiger partial charge in [0.25, 0.3) is 0 Å². The molecule has 8 heteroatoms. The van der Waals surface area contributed by atoms with Crippen molar-refractivity contribution in [3.63, 3.8) is 0 Å². The minimum atomic E-state index is -0.307. The number of carbonyl (C=O) groups is 1. The molecule has 0 fully saturated rings. The number of aryl methyl sites for hydroxylation is 1. The lowest BCUT2D eigenvalue weighted by atomic mass is 10.1. The van der Waals surface area contributed by atoms with Crippen LogP contribution in [0.25, 0.3) is 0 Å². The molecule has 0 saturated carbocycles. The lowest BCUT2D eigenvalue weighted by Gasteiger charge is -2.18. The maximum absolute atomic E-state index is 12.6. The van der Waals surface area contributed by atoms with Gasteiger partial charge in [-0.3, -0.25) is 4.79 Å². The van der Waals surface area contributed by atoms with E-state index in [0.717, 1.165) is 5.56 Å². The van der Waals surface area contributed by atoms with E-state index >= 15 is 0 Å². The highest BCUT2D eigenvalue weighted by molar-refractivity contribution is 8.00. The van der Waals surface area contributed by atoms with Crippen molar-refractivity contribution in [2.24, 2.45) is 0 Å². The Hall–Kier alpha value is -2.61. The Bertz CT molecular complexity index is 861. The molecule has 2 heterocycles. The molecule has 1 amide bonds. The molecule has 0 spiro atoms. The molecule has 0 aliphatic carbocycles. The Kier molecular flexibility index (Phi) is 5.72. The number of aromatic nitrogens is 4. The lowest BCUT2D eigenvalue weighted by molar-refractivity contribution is -0.115. The van der Waals surface area contributed by atoms with Crippen LogP contribution in [-0.2, 0) is 4.79 Å². The van der Waals surface area contributed by atoms with Gasteiger partial charge in [-0.2, -0.15) is 0 Å². The molecule has 0 saturated heterocycles. The number of anilines is 1. The highest BCUT2D eigenvalue weighted by Crippen LogP contribution is 2.28. The van der Waals surface area contributed by atoms with Crippen LogP contribution in [0.5, 0.6) is 0 Å². The number of carbonyl (C=O) groups excluding carboxylic acids is 1. The van der Waals surface area contributed by atoms with E-state index in [1.54, 1.807) is 19.3 Å². The third-order valence-electron chi connectivity index (χ3n) is 4.03. The van der Waals surface area contributed by atoms with Crippen molar-refractivity contribution in [2.75, 3.05) is 5.32 Å². The van der Waals surface area contributed by atoms with Gasteiger partial charge in [-0.05, 0) is 25.8 Å². The van der Waals surface area contributed by atoms with E-state index in [4.69, 9.17) is 4.52 Å². The predicted octanol–water partition coefficient (Wildman–Crippen LogP) is 3.69. The van der Waals surface area contributed by atoms with Gasteiger partial charge in [0.2, 0.25) is 5.91 Å². The van der Waals surface area contributed by atoms with E-state index < -0.39 is 0 Å². The topological polar surface area (TPSA) is 85.8 Å². The molecule has 2 aromatic heterocycles. The molecule has 1 N–H and O–H groups in total. The Balaban J connectivity index is 1.73. The molecule has 7 nitrogen and oxygen atoms in total. The van der Waals surface area contributed by atoms with Crippen LogP contribution in [0.3, 0.4) is 0 Å². The van der Waals surface area contributed by atoms with Gasteiger partial charge in [-0.15, -0.1) is 10.2 Å². The molecule has 3 aromatic rings. The molecule has 0 aliphatic heterocycles. The van der Waals surface area contributed by atoms with Crippen LogP contribution in [0.1, 0.15) is 37.6 Å². The van der Waals surface area contributed by atoms with Gasteiger partial charge in [0.15, 0.2) is 11.0 Å². The van der Waals surface area contributed by atoms with Gasteiger partial charge in [-0.25, -0.2) is 0 Å². The summed E-state index contributed by atoms with van der Waals surface area (Å²) in [6.07, 6.45) is 2.35. The fourth-order valence-electron chi connectivity index (χ4n) is 2.56. The van der Waals surface area contributed by atoms with E-state index in [-0.39, 0.29) is 17.2 Å². The monoisotopic (exact) mass is 371 g/mol. The largest absolute Gasteiger partial charge is 0.360 e. The predicted molar refractivity (Wildman–Crippen MR) is 100 cm³/mol. The molecule has 3 rings (SSSR count). The summed E-state index contributed by atoms with van der Waals surface area (Å²) >= 11 is 1.40. The zero-order valence-corrected chi connectivity index (χ0v) is 15.7. The van der Waals surface area contributed by atoms with Crippen molar-refractivity contribution >= 4 is 23.5 Å². The summed E-state index contributed by atoms with van der Waals surface area (Å²) in [5, 5.41) is 15.2. The molecule has 2 atom stereocenters. The molecule has 0 bridgehead atoms. The van der Waals surface area contributed by atoms with E-state index in [1.807, 2.05) is 29.7 Å². The summed E-state index contributed by atoms with van der Waals surface area (Å²) in [5.41, 5.74) is 1.16. The molecule has 0 aliphatic rings. The quantitative estimate of drug-likeness (QED) is 0.638. The number of nitrogens with one attached hydrogen (secondary N) is 1. The van der Waals surface area contributed by atoms with Gasteiger partial charge in [-0.1, -0.05) is 54.2 Å². The van der Waals surface area contributed by atoms with Crippen molar-refractivity contribution in [2.45, 2.75) is 43.6 Å². The Morgan fingerprint density at radius 1 is 1.35 bits per heavy atom. The average Bonchev–Trinajstić information content (AvgIpc) is 3.28. The van der Waals surface area contributed by atoms with Gasteiger partial charge >= 0.3 is 0 Å². The number of amides is 1. The first-order valence-corrected chi connectivity index (χ1v) is 9.31. The number of hydrogen-bond acceptors (Lipinski definition) is 6. The smallest absolute Gasteiger partial charge is 0.239 e. The third kappa shape index (κ3) is 4.13. The van der Waals surface area contributed by atoms with E-state index in [0.29, 0.717) is 23.2 Å². The fraction of sp³-hybridized carbons (Fsp3) is 0.333. The second kappa shape index (κ2) is 8.18. The van der Waals surface area contributed by atoms with E-state index in [1.165, 1.54) is 11.8 Å². The van der Waals surface area contributed by atoms with Crippen molar-refractivity contribution in [3.05, 3.63) is 54.0 Å². The minimum Gasteiger partial charge on any atom is -0.360 e. The zero-order valence-electron chi connectivity index (χ0n) is 14.9. The first-order chi connectivity index (χ1) is 12.6. The molecule has 26 heavy (non-hydrogen) atoms. The van der Waals surface area contributed by atoms with Crippen LogP contribution < -0.4 is 5.32 Å². The summed E-state index contributed by atoms with van der Waals surface area (Å²) in [4.78, 5) is 12.6. The van der Waals surface area contributed by atoms with Gasteiger partial charge in [0.05, 0.1) is 11.3 Å². The molecule has 136 valence electrons. The summed E-state index contributed by atoms with van der Waals surface area (Å²) in [7, 11) is 0. The zero-order chi connectivity index (χ0) is 18.5. The maximum atomic E-state index is 12.6. The summed E-state index contributed by atoms with van der Waals surface area (Å²) in [6.45, 7) is 5.83. The van der Waals surface area contributed by atoms with Crippen LogP contribution in [0.2, 0.25) is 0 Å². The van der Waals surface area contributed by atoms with Gasteiger partial charge < -0.3 is 14.4 Å². The minimum absolute atomic E-state index is 0.0763. The van der Waals surface area contributed by atoms with Crippen LogP contribution in [0.4, 0.5) is 5.82 Å². The number of rotatable bonds is 7. The standard InChI is InChI=1S/C18H21N5O2S/c1-4-15(17(24)20-16-10-12(2)25-22-16)26-18-21-19-11-23(18)13(3)14-8-6-5-7-9-14/h5-11,13,15H,4H2,1-3H3,(H,20,22,24)/t13-,15-/m0/s1. The maximum Gasteiger partial charge on any atom is 0.239 e. The van der Waals surface area contributed by atoms with Crippen molar-refractivity contribution in [1.82, 2.24) is 19.9 Å². The average molecular weight is 371 g/mol. The molecule has 1 aromatic carbocycles. The van der Waals surface area contributed by atoms with Crippen LogP contribution >= 0.6 is 11.8 Å². The van der Waals surface area contributed by atoms with E-state index in [2.05, 4.69) is 39.7 Å². The molecule has 0 unspecified atom stereocenters.